The van der Waals surface area contributed by atoms with Gasteiger partial charge in [-0.15, -0.1) is 0 Å². The lowest BCUT2D eigenvalue weighted by Gasteiger charge is -2.11. The first-order valence-electron chi connectivity index (χ1n) is 5.49. The zero-order valence-corrected chi connectivity index (χ0v) is 9.39. The van der Waals surface area contributed by atoms with Crippen molar-refractivity contribution in [3.63, 3.8) is 0 Å². The summed E-state index contributed by atoms with van der Waals surface area (Å²) in [6, 6.07) is 8.42. The van der Waals surface area contributed by atoms with Gasteiger partial charge in [0.15, 0.2) is 0 Å². The Balaban J connectivity index is 1.90. The molecular weight excluding hydrogens is 202 g/mol. The Kier molecular flexibility index (Phi) is 2.99. The van der Waals surface area contributed by atoms with Gasteiger partial charge in [-0.05, 0) is 37.5 Å². The third-order valence-electron chi connectivity index (χ3n) is 2.85. The van der Waals surface area contributed by atoms with Gasteiger partial charge in [-0.25, -0.2) is 4.99 Å². The molecule has 0 saturated heterocycles. The van der Waals surface area contributed by atoms with Gasteiger partial charge in [0.25, 0.3) is 6.02 Å². The molecule has 86 valence electrons. The summed E-state index contributed by atoms with van der Waals surface area (Å²) in [6.07, 6.45) is 2.01. The quantitative estimate of drug-likeness (QED) is 0.752. The SMILES string of the molecule is C[C@@H]1OC(N)=N[C@H]1CCc1ccc(N)cc1. The number of nitrogen functional groups attached to an aromatic ring is 1. The second-order valence-electron chi connectivity index (χ2n) is 4.14. The molecule has 1 aromatic carbocycles. The highest BCUT2D eigenvalue weighted by Gasteiger charge is 2.24. The van der Waals surface area contributed by atoms with Crippen LogP contribution in [0.3, 0.4) is 0 Å². The molecule has 0 saturated carbocycles. The Morgan fingerprint density at radius 2 is 1.94 bits per heavy atom. The summed E-state index contributed by atoms with van der Waals surface area (Å²) in [5.41, 5.74) is 13.2. The summed E-state index contributed by atoms with van der Waals surface area (Å²) in [7, 11) is 0. The van der Waals surface area contributed by atoms with Crippen LogP contribution in [-0.2, 0) is 11.2 Å². The first-order chi connectivity index (χ1) is 7.65. The fourth-order valence-electron chi connectivity index (χ4n) is 1.87. The van der Waals surface area contributed by atoms with Crippen molar-refractivity contribution in [3.05, 3.63) is 29.8 Å². The van der Waals surface area contributed by atoms with Crippen molar-refractivity contribution in [3.8, 4) is 0 Å². The molecule has 1 heterocycles. The maximum absolute atomic E-state index is 5.63. The van der Waals surface area contributed by atoms with Crippen molar-refractivity contribution in [2.45, 2.75) is 31.9 Å². The molecule has 0 fully saturated rings. The van der Waals surface area contributed by atoms with Gasteiger partial charge in [0, 0.05) is 5.69 Å². The molecule has 0 unspecified atom stereocenters. The lowest BCUT2D eigenvalue weighted by Crippen LogP contribution is -2.20. The molecule has 1 aliphatic heterocycles. The second-order valence-corrected chi connectivity index (χ2v) is 4.14. The number of aliphatic imine (C=N–C) groups is 1. The summed E-state index contributed by atoms with van der Waals surface area (Å²) in [4.78, 5) is 4.25. The zero-order chi connectivity index (χ0) is 11.5. The lowest BCUT2D eigenvalue weighted by molar-refractivity contribution is 0.205. The van der Waals surface area contributed by atoms with Crippen LogP contribution in [0.5, 0.6) is 0 Å². The van der Waals surface area contributed by atoms with Crippen molar-refractivity contribution in [1.29, 1.82) is 0 Å². The van der Waals surface area contributed by atoms with E-state index in [4.69, 9.17) is 16.2 Å². The number of ether oxygens (including phenoxy) is 1. The highest BCUT2D eigenvalue weighted by Crippen LogP contribution is 2.17. The molecular formula is C12H17N3O. The van der Waals surface area contributed by atoms with Crippen LogP contribution in [0.2, 0.25) is 0 Å². The molecule has 4 heteroatoms. The molecule has 0 spiro atoms. The number of benzene rings is 1. The predicted octanol–water partition coefficient (Wildman–Crippen LogP) is 1.30. The van der Waals surface area contributed by atoms with Gasteiger partial charge in [0.1, 0.15) is 6.10 Å². The fourth-order valence-corrected chi connectivity index (χ4v) is 1.87. The predicted molar refractivity (Wildman–Crippen MR) is 65.1 cm³/mol. The van der Waals surface area contributed by atoms with E-state index in [1.807, 2.05) is 31.2 Å². The number of rotatable bonds is 3. The average Bonchev–Trinajstić information content (AvgIpc) is 2.57. The molecule has 0 aromatic heterocycles. The minimum Gasteiger partial charge on any atom is -0.460 e. The number of anilines is 1. The third-order valence-corrected chi connectivity index (χ3v) is 2.85. The number of nitrogens with zero attached hydrogens (tertiary/aromatic N) is 1. The van der Waals surface area contributed by atoms with E-state index in [-0.39, 0.29) is 12.1 Å². The van der Waals surface area contributed by atoms with E-state index in [1.165, 1.54) is 5.56 Å². The fraction of sp³-hybridized carbons (Fsp3) is 0.417. The number of amidine groups is 1. The van der Waals surface area contributed by atoms with Gasteiger partial charge in [-0.1, -0.05) is 12.1 Å². The Bertz CT molecular complexity index is 386. The molecule has 2 rings (SSSR count). The number of hydrogen-bond donors (Lipinski definition) is 2. The van der Waals surface area contributed by atoms with Crippen LogP contribution in [0.15, 0.2) is 29.3 Å². The summed E-state index contributed by atoms with van der Waals surface area (Å²) in [6.45, 7) is 2.00. The Morgan fingerprint density at radius 3 is 2.50 bits per heavy atom. The molecule has 0 radical (unpaired) electrons. The van der Waals surface area contributed by atoms with E-state index in [0.717, 1.165) is 18.5 Å². The second kappa shape index (κ2) is 4.43. The first-order valence-corrected chi connectivity index (χ1v) is 5.49. The van der Waals surface area contributed by atoms with Crippen LogP contribution < -0.4 is 11.5 Å². The third kappa shape index (κ3) is 2.45. The summed E-state index contributed by atoms with van der Waals surface area (Å²) in [5.74, 6) is 0. The molecule has 1 aliphatic rings. The molecule has 4 N–H and O–H groups in total. The maximum Gasteiger partial charge on any atom is 0.282 e. The molecule has 0 bridgehead atoms. The van der Waals surface area contributed by atoms with Gasteiger partial charge < -0.3 is 16.2 Å². The van der Waals surface area contributed by atoms with Crippen LogP contribution >= 0.6 is 0 Å². The molecule has 2 atom stereocenters. The van der Waals surface area contributed by atoms with Crippen molar-refractivity contribution < 1.29 is 4.74 Å². The topological polar surface area (TPSA) is 73.6 Å². The molecule has 1 aromatic rings. The van der Waals surface area contributed by atoms with E-state index in [0.29, 0.717) is 6.02 Å². The molecule has 0 amide bonds. The smallest absolute Gasteiger partial charge is 0.282 e. The maximum atomic E-state index is 5.63. The number of nitrogens with two attached hydrogens (primary N) is 2. The summed E-state index contributed by atoms with van der Waals surface area (Å²) in [5, 5.41) is 0. The van der Waals surface area contributed by atoms with Crippen molar-refractivity contribution in [2.75, 3.05) is 5.73 Å². The van der Waals surface area contributed by atoms with Crippen molar-refractivity contribution in [1.82, 2.24) is 0 Å². The van der Waals surface area contributed by atoms with E-state index in [9.17, 15) is 0 Å². The van der Waals surface area contributed by atoms with Gasteiger partial charge in [0.2, 0.25) is 0 Å². The largest absolute Gasteiger partial charge is 0.460 e. The average molecular weight is 219 g/mol. The van der Waals surface area contributed by atoms with E-state index < -0.39 is 0 Å². The normalized spacial score (nSPS) is 23.9. The Morgan fingerprint density at radius 1 is 1.25 bits per heavy atom. The van der Waals surface area contributed by atoms with Crippen molar-refractivity contribution in [2.24, 2.45) is 10.7 Å². The van der Waals surface area contributed by atoms with Crippen LogP contribution in [0, 0.1) is 0 Å². The van der Waals surface area contributed by atoms with Crippen LogP contribution in [0.4, 0.5) is 5.69 Å². The summed E-state index contributed by atoms with van der Waals surface area (Å²) >= 11 is 0. The Labute approximate surface area is 95.3 Å². The first kappa shape index (κ1) is 10.8. The highest BCUT2D eigenvalue weighted by atomic mass is 16.5. The van der Waals surface area contributed by atoms with Gasteiger partial charge in [0.05, 0.1) is 6.04 Å². The Hall–Kier alpha value is -1.71. The van der Waals surface area contributed by atoms with Crippen LogP contribution in [0.25, 0.3) is 0 Å². The van der Waals surface area contributed by atoms with Gasteiger partial charge in [-0.2, -0.15) is 0 Å². The highest BCUT2D eigenvalue weighted by molar-refractivity contribution is 5.73. The summed E-state index contributed by atoms with van der Waals surface area (Å²) < 4.78 is 5.29. The van der Waals surface area contributed by atoms with Crippen LogP contribution in [-0.4, -0.2) is 18.2 Å². The van der Waals surface area contributed by atoms with Crippen LogP contribution in [0.1, 0.15) is 18.9 Å². The molecule has 0 aliphatic carbocycles. The van der Waals surface area contributed by atoms with E-state index in [2.05, 4.69) is 4.99 Å². The lowest BCUT2D eigenvalue weighted by atomic mass is 10.0. The molecule has 4 nitrogen and oxygen atoms in total. The van der Waals surface area contributed by atoms with Gasteiger partial charge in [-0.3, -0.25) is 0 Å². The van der Waals surface area contributed by atoms with Crippen molar-refractivity contribution >= 4 is 11.7 Å². The van der Waals surface area contributed by atoms with Gasteiger partial charge >= 0.3 is 0 Å². The van der Waals surface area contributed by atoms with E-state index in [1.54, 1.807) is 0 Å². The monoisotopic (exact) mass is 219 g/mol. The minimum absolute atomic E-state index is 0.0915. The zero-order valence-electron chi connectivity index (χ0n) is 9.39. The minimum atomic E-state index is 0.0915. The van der Waals surface area contributed by atoms with E-state index >= 15 is 0 Å². The number of aryl methyl sites for hydroxylation is 1. The number of hydrogen-bond acceptors (Lipinski definition) is 4. The molecule has 16 heavy (non-hydrogen) atoms. The standard InChI is InChI=1S/C12H17N3O/c1-8-11(15-12(14)16-8)7-4-9-2-5-10(13)6-3-9/h2-3,5-6,8,11H,4,7,13H2,1H3,(H2,14,15)/t8-,11-/m0/s1.